The van der Waals surface area contributed by atoms with Gasteiger partial charge in [-0.15, -0.1) is 0 Å². The number of anilines is 2. The molecule has 0 spiro atoms. The highest BCUT2D eigenvalue weighted by Gasteiger charge is 2.30. The van der Waals surface area contributed by atoms with E-state index < -0.39 is 10.0 Å². The van der Waals surface area contributed by atoms with Gasteiger partial charge in [-0.05, 0) is 42.8 Å². The molecule has 1 aliphatic heterocycles. The predicted molar refractivity (Wildman–Crippen MR) is 109 cm³/mol. The standard InChI is InChI=1S/C22H21NO4S/c1-17-9-8-14-21(22(17)27-16-19-15-26-19)23(18-10-4-2-5-11-18)28(24,25)20-12-6-3-7-13-20/h2-14,19H,15-16H2,1H3. The molecule has 0 radical (unpaired) electrons. The smallest absolute Gasteiger partial charge is 0.268 e. The molecule has 1 unspecified atom stereocenters. The molecule has 3 aromatic rings. The van der Waals surface area contributed by atoms with E-state index in [0.29, 0.717) is 30.3 Å². The zero-order valence-electron chi connectivity index (χ0n) is 15.5. The van der Waals surface area contributed by atoms with Crippen LogP contribution in [0.25, 0.3) is 0 Å². The number of hydrogen-bond donors (Lipinski definition) is 0. The van der Waals surface area contributed by atoms with E-state index in [2.05, 4.69) is 0 Å². The third kappa shape index (κ3) is 3.74. The molecule has 0 saturated carbocycles. The Balaban J connectivity index is 1.87. The summed E-state index contributed by atoms with van der Waals surface area (Å²) in [5, 5.41) is 0. The van der Waals surface area contributed by atoms with Gasteiger partial charge in [-0.1, -0.05) is 48.5 Å². The molecule has 1 saturated heterocycles. The third-order valence-electron chi connectivity index (χ3n) is 4.50. The molecular weight excluding hydrogens is 374 g/mol. The van der Waals surface area contributed by atoms with E-state index in [1.54, 1.807) is 48.5 Å². The summed E-state index contributed by atoms with van der Waals surface area (Å²) in [5.41, 5.74) is 1.89. The van der Waals surface area contributed by atoms with Crippen LogP contribution in [0.3, 0.4) is 0 Å². The van der Waals surface area contributed by atoms with E-state index in [1.807, 2.05) is 37.3 Å². The predicted octanol–water partition coefficient (Wildman–Crippen LogP) is 4.30. The van der Waals surface area contributed by atoms with Crippen molar-refractivity contribution < 1.29 is 17.9 Å². The number of epoxide rings is 1. The van der Waals surface area contributed by atoms with Gasteiger partial charge in [0.15, 0.2) is 0 Å². The number of benzene rings is 3. The summed E-state index contributed by atoms with van der Waals surface area (Å²) < 4.78 is 39.8. The Morgan fingerprint density at radius 1 is 0.964 bits per heavy atom. The summed E-state index contributed by atoms with van der Waals surface area (Å²) in [6.07, 6.45) is 0.0726. The number of para-hydroxylation sites is 2. The monoisotopic (exact) mass is 395 g/mol. The molecule has 6 heteroatoms. The lowest BCUT2D eigenvalue weighted by molar-refractivity contribution is 0.262. The van der Waals surface area contributed by atoms with Crippen LogP contribution in [0.4, 0.5) is 11.4 Å². The maximum atomic E-state index is 13.6. The molecule has 144 valence electrons. The molecule has 28 heavy (non-hydrogen) atoms. The molecule has 0 N–H and O–H groups in total. The fourth-order valence-electron chi connectivity index (χ4n) is 2.99. The highest BCUT2D eigenvalue weighted by Crippen LogP contribution is 2.40. The molecular formula is C22H21NO4S. The first-order valence-electron chi connectivity index (χ1n) is 9.07. The first-order valence-corrected chi connectivity index (χ1v) is 10.5. The SMILES string of the molecule is Cc1cccc(N(c2ccccc2)S(=O)(=O)c2ccccc2)c1OCC1CO1. The van der Waals surface area contributed by atoms with Gasteiger partial charge in [-0.3, -0.25) is 0 Å². The zero-order valence-corrected chi connectivity index (χ0v) is 16.3. The minimum atomic E-state index is -3.85. The van der Waals surface area contributed by atoms with Gasteiger partial charge >= 0.3 is 0 Å². The number of hydrogen-bond acceptors (Lipinski definition) is 4. The van der Waals surface area contributed by atoms with Crippen LogP contribution in [0.2, 0.25) is 0 Å². The average Bonchev–Trinajstić information content (AvgIpc) is 3.53. The molecule has 0 amide bonds. The number of ether oxygens (including phenoxy) is 2. The van der Waals surface area contributed by atoms with Gasteiger partial charge in [-0.25, -0.2) is 12.7 Å². The lowest BCUT2D eigenvalue weighted by Crippen LogP contribution is -2.27. The minimum Gasteiger partial charge on any atom is -0.488 e. The number of sulfonamides is 1. The van der Waals surface area contributed by atoms with Gasteiger partial charge in [0.2, 0.25) is 0 Å². The van der Waals surface area contributed by atoms with Crippen molar-refractivity contribution in [2.75, 3.05) is 17.5 Å². The van der Waals surface area contributed by atoms with Crippen molar-refractivity contribution in [1.82, 2.24) is 0 Å². The number of rotatable bonds is 7. The van der Waals surface area contributed by atoms with Crippen molar-refractivity contribution in [2.45, 2.75) is 17.9 Å². The lowest BCUT2D eigenvalue weighted by atomic mass is 10.2. The van der Waals surface area contributed by atoms with E-state index in [1.165, 1.54) is 4.31 Å². The van der Waals surface area contributed by atoms with Crippen LogP contribution >= 0.6 is 0 Å². The van der Waals surface area contributed by atoms with Crippen LogP contribution in [-0.2, 0) is 14.8 Å². The Bertz CT molecular complexity index is 1050. The first kappa shape index (κ1) is 18.5. The molecule has 1 aliphatic rings. The zero-order chi connectivity index (χ0) is 19.6. The molecule has 0 aromatic heterocycles. The second kappa shape index (κ2) is 7.66. The summed E-state index contributed by atoms with van der Waals surface area (Å²) in [5.74, 6) is 0.543. The van der Waals surface area contributed by atoms with Gasteiger partial charge in [0, 0.05) is 0 Å². The van der Waals surface area contributed by atoms with Crippen molar-refractivity contribution in [3.05, 3.63) is 84.4 Å². The normalized spacial score (nSPS) is 15.8. The molecule has 4 rings (SSSR count). The molecule has 1 atom stereocenters. The van der Waals surface area contributed by atoms with Crippen molar-refractivity contribution >= 4 is 21.4 Å². The maximum Gasteiger partial charge on any atom is 0.268 e. The van der Waals surface area contributed by atoms with Crippen LogP contribution in [0, 0.1) is 6.92 Å². The van der Waals surface area contributed by atoms with E-state index in [-0.39, 0.29) is 11.0 Å². The summed E-state index contributed by atoms with van der Waals surface area (Å²) in [6, 6.07) is 23.0. The van der Waals surface area contributed by atoms with Crippen molar-refractivity contribution in [3.8, 4) is 5.75 Å². The van der Waals surface area contributed by atoms with E-state index in [9.17, 15) is 8.42 Å². The molecule has 0 bridgehead atoms. The van der Waals surface area contributed by atoms with Gasteiger partial charge in [0.1, 0.15) is 18.5 Å². The Labute approximate surface area is 165 Å². The van der Waals surface area contributed by atoms with Gasteiger partial charge in [-0.2, -0.15) is 0 Å². The average molecular weight is 395 g/mol. The maximum absolute atomic E-state index is 13.6. The van der Waals surface area contributed by atoms with Crippen LogP contribution in [-0.4, -0.2) is 27.7 Å². The highest BCUT2D eigenvalue weighted by atomic mass is 32.2. The van der Waals surface area contributed by atoms with Crippen molar-refractivity contribution in [3.63, 3.8) is 0 Å². The first-order chi connectivity index (χ1) is 13.6. The minimum absolute atomic E-state index is 0.0726. The third-order valence-corrected chi connectivity index (χ3v) is 6.25. The van der Waals surface area contributed by atoms with Crippen LogP contribution in [0.15, 0.2) is 83.8 Å². The summed E-state index contributed by atoms with van der Waals surface area (Å²) in [7, 11) is -3.85. The molecule has 1 heterocycles. The Morgan fingerprint density at radius 2 is 1.61 bits per heavy atom. The van der Waals surface area contributed by atoms with Crippen molar-refractivity contribution in [1.29, 1.82) is 0 Å². The van der Waals surface area contributed by atoms with Crippen LogP contribution in [0.1, 0.15) is 5.56 Å². The number of aryl methyl sites for hydroxylation is 1. The van der Waals surface area contributed by atoms with E-state index >= 15 is 0 Å². The molecule has 0 aliphatic carbocycles. The topological polar surface area (TPSA) is 59.1 Å². The number of nitrogens with zero attached hydrogens (tertiary/aromatic N) is 1. The lowest BCUT2D eigenvalue weighted by Gasteiger charge is -2.27. The second-order valence-corrected chi connectivity index (χ2v) is 8.39. The van der Waals surface area contributed by atoms with Gasteiger partial charge in [0.05, 0.1) is 22.9 Å². The highest BCUT2D eigenvalue weighted by molar-refractivity contribution is 7.93. The second-order valence-electron chi connectivity index (χ2n) is 6.61. The Hall–Kier alpha value is -2.83. The fraction of sp³-hybridized carbons (Fsp3) is 0.182. The van der Waals surface area contributed by atoms with Gasteiger partial charge in [0.25, 0.3) is 10.0 Å². The quantitative estimate of drug-likeness (QED) is 0.560. The summed E-state index contributed by atoms with van der Waals surface area (Å²) in [6.45, 7) is 2.97. The molecule has 5 nitrogen and oxygen atoms in total. The van der Waals surface area contributed by atoms with Crippen LogP contribution in [0.5, 0.6) is 5.75 Å². The summed E-state index contributed by atoms with van der Waals surface area (Å²) >= 11 is 0. The Kier molecular flexibility index (Phi) is 5.07. The van der Waals surface area contributed by atoms with Gasteiger partial charge < -0.3 is 9.47 Å². The van der Waals surface area contributed by atoms with E-state index in [4.69, 9.17) is 9.47 Å². The van der Waals surface area contributed by atoms with Crippen molar-refractivity contribution in [2.24, 2.45) is 0 Å². The summed E-state index contributed by atoms with van der Waals surface area (Å²) in [4.78, 5) is 0.219. The fourth-order valence-corrected chi connectivity index (χ4v) is 4.51. The molecule has 3 aromatic carbocycles. The molecule has 1 fully saturated rings. The van der Waals surface area contributed by atoms with Crippen LogP contribution < -0.4 is 9.04 Å². The largest absolute Gasteiger partial charge is 0.488 e. The van der Waals surface area contributed by atoms with E-state index in [0.717, 1.165) is 5.56 Å². The Morgan fingerprint density at radius 3 is 2.25 bits per heavy atom.